The van der Waals surface area contributed by atoms with Crippen LogP contribution >= 0.6 is 0 Å². The molecule has 0 saturated heterocycles. The van der Waals surface area contributed by atoms with Crippen molar-refractivity contribution in [2.75, 3.05) is 23.9 Å². The highest BCUT2D eigenvalue weighted by Crippen LogP contribution is 2.30. The highest BCUT2D eigenvalue weighted by Gasteiger charge is 2.25. The molecule has 24 heavy (non-hydrogen) atoms. The molecule has 0 aliphatic rings. The van der Waals surface area contributed by atoms with Crippen LogP contribution in [0.3, 0.4) is 0 Å². The maximum Gasteiger partial charge on any atom is 0.355 e. The second-order valence-corrected chi connectivity index (χ2v) is 4.98. The first kappa shape index (κ1) is 17.2. The minimum Gasteiger partial charge on any atom is -0.459 e. The van der Waals surface area contributed by atoms with Gasteiger partial charge >= 0.3 is 11.6 Å². The van der Waals surface area contributed by atoms with E-state index in [-0.39, 0.29) is 23.1 Å². The summed E-state index contributed by atoms with van der Waals surface area (Å²) in [6.45, 7) is 2.64. The van der Waals surface area contributed by atoms with Gasteiger partial charge in [0.05, 0.1) is 11.2 Å². The van der Waals surface area contributed by atoms with Gasteiger partial charge in [-0.05, 0) is 18.6 Å². The molecule has 2 aromatic heterocycles. The van der Waals surface area contributed by atoms with E-state index >= 15 is 0 Å². The molecule has 0 saturated carbocycles. The molecule has 0 aliphatic carbocycles. The van der Waals surface area contributed by atoms with Crippen LogP contribution in [0.25, 0.3) is 0 Å². The summed E-state index contributed by atoms with van der Waals surface area (Å²) in [5.74, 6) is -0.431. The first-order valence-corrected chi connectivity index (χ1v) is 7.35. The standard InChI is InChI=1S/C14H18N6O4/c1-3-4-7-19(2)13-11(20(22)23)12(15-9-16-13)17-18-14(21)10-6-5-8-24-10/h5-6,8-9H,3-4,7H2,1-2H3,(H,18,21)(H,15,16,17). The number of anilines is 2. The molecule has 2 N–H and O–H groups in total. The van der Waals surface area contributed by atoms with E-state index < -0.39 is 10.8 Å². The van der Waals surface area contributed by atoms with E-state index in [9.17, 15) is 14.9 Å². The Balaban J connectivity index is 2.19. The number of nitro groups is 1. The number of furan rings is 1. The largest absolute Gasteiger partial charge is 0.459 e. The van der Waals surface area contributed by atoms with E-state index in [0.29, 0.717) is 6.54 Å². The summed E-state index contributed by atoms with van der Waals surface area (Å²) < 4.78 is 4.94. The quantitative estimate of drug-likeness (QED) is 0.554. The monoisotopic (exact) mass is 334 g/mol. The van der Waals surface area contributed by atoms with Crippen LogP contribution in [0.15, 0.2) is 29.1 Å². The third-order valence-corrected chi connectivity index (χ3v) is 3.23. The smallest absolute Gasteiger partial charge is 0.355 e. The van der Waals surface area contributed by atoms with Crippen molar-refractivity contribution in [3.63, 3.8) is 0 Å². The molecule has 1 amide bonds. The summed E-state index contributed by atoms with van der Waals surface area (Å²) in [6.07, 6.45) is 4.37. The van der Waals surface area contributed by atoms with Crippen LogP contribution in [-0.4, -0.2) is 34.4 Å². The van der Waals surface area contributed by atoms with Crippen LogP contribution < -0.4 is 15.8 Å². The predicted octanol–water partition coefficient (Wildman–Crippen LogP) is 1.97. The van der Waals surface area contributed by atoms with Gasteiger partial charge in [-0.15, -0.1) is 0 Å². The molecule has 0 atom stereocenters. The van der Waals surface area contributed by atoms with Crippen molar-refractivity contribution in [2.24, 2.45) is 0 Å². The Bertz CT molecular complexity index is 703. The Morgan fingerprint density at radius 2 is 2.25 bits per heavy atom. The van der Waals surface area contributed by atoms with E-state index in [4.69, 9.17) is 4.42 Å². The van der Waals surface area contributed by atoms with Gasteiger partial charge < -0.3 is 9.32 Å². The van der Waals surface area contributed by atoms with Crippen molar-refractivity contribution in [3.05, 3.63) is 40.6 Å². The molecule has 2 rings (SSSR count). The van der Waals surface area contributed by atoms with Gasteiger partial charge in [0.15, 0.2) is 5.76 Å². The minimum atomic E-state index is -0.584. The summed E-state index contributed by atoms with van der Waals surface area (Å²) in [4.78, 5) is 32.2. The first-order valence-electron chi connectivity index (χ1n) is 7.35. The highest BCUT2D eigenvalue weighted by atomic mass is 16.6. The number of nitrogens with zero attached hydrogens (tertiary/aromatic N) is 4. The summed E-state index contributed by atoms with van der Waals surface area (Å²) in [6, 6.07) is 3.03. The molecule has 0 aromatic carbocycles. The summed E-state index contributed by atoms with van der Waals surface area (Å²) in [5.41, 5.74) is 4.46. The Hall–Kier alpha value is -3.17. The molecule has 0 radical (unpaired) electrons. The second-order valence-electron chi connectivity index (χ2n) is 4.98. The van der Waals surface area contributed by atoms with Crippen LogP contribution in [-0.2, 0) is 0 Å². The van der Waals surface area contributed by atoms with Crippen LogP contribution in [0.4, 0.5) is 17.3 Å². The van der Waals surface area contributed by atoms with Gasteiger partial charge in [0.25, 0.3) is 0 Å². The van der Waals surface area contributed by atoms with E-state index in [1.54, 1.807) is 18.0 Å². The number of unbranched alkanes of at least 4 members (excludes halogenated alkanes) is 1. The summed E-state index contributed by atoms with van der Waals surface area (Å²) >= 11 is 0. The topological polar surface area (TPSA) is 126 Å². The zero-order valence-electron chi connectivity index (χ0n) is 13.4. The highest BCUT2D eigenvalue weighted by molar-refractivity contribution is 5.92. The predicted molar refractivity (Wildman–Crippen MR) is 86.7 cm³/mol. The number of amides is 1. The van der Waals surface area contributed by atoms with E-state index in [1.807, 2.05) is 6.92 Å². The van der Waals surface area contributed by atoms with E-state index in [0.717, 1.165) is 12.8 Å². The Labute approximate surface area is 138 Å². The van der Waals surface area contributed by atoms with Crippen LogP contribution in [0.1, 0.15) is 30.3 Å². The fraction of sp³-hybridized carbons (Fsp3) is 0.357. The van der Waals surface area contributed by atoms with Crippen molar-refractivity contribution in [3.8, 4) is 0 Å². The molecule has 0 fully saturated rings. The van der Waals surface area contributed by atoms with Gasteiger partial charge in [0, 0.05) is 13.6 Å². The number of hydrogen-bond acceptors (Lipinski definition) is 8. The van der Waals surface area contributed by atoms with Crippen molar-refractivity contribution < 1.29 is 14.1 Å². The molecule has 0 bridgehead atoms. The van der Waals surface area contributed by atoms with Gasteiger partial charge in [0.1, 0.15) is 6.33 Å². The van der Waals surface area contributed by atoms with Gasteiger partial charge in [0.2, 0.25) is 11.6 Å². The Morgan fingerprint density at radius 3 is 2.88 bits per heavy atom. The number of rotatable bonds is 8. The van der Waals surface area contributed by atoms with Crippen molar-refractivity contribution in [1.29, 1.82) is 0 Å². The second kappa shape index (κ2) is 7.90. The molecular weight excluding hydrogens is 316 g/mol. The normalized spacial score (nSPS) is 10.2. The number of carbonyl (C=O) groups is 1. The fourth-order valence-corrected chi connectivity index (χ4v) is 1.99. The summed E-state index contributed by atoms with van der Waals surface area (Å²) in [5, 5.41) is 11.4. The number of hydrogen-bond donors (Lipinski definition) is 2. The lowest BCUT2D eigenvalue weighted by Gasteiger charge is -2.18. The lowest BCUT2D eigenvalue weighted by atomic mass is 10.3. The van der Waals surface area contributed by atoms with E-state index in [2.05, 4.69) is 20.8 Å². The number of hydrazine groups is 1. The fourth-order valence-electron chi connectivity index (χ4n) is 1.99. The lowest BCUT2D eigenvalue weighted by molar-refractivity contribution is -0.383. The van der Waals surface area contributed by atoms with Gasteiger partial charge in [-0.1, -0.05) is 13.3 Å². The minimum absolute atomic E-state index is 0.0690. The molecule has 2 aromatic rings. The first-order chi connectivity index (χ1) is 11.5. The number of nitrogens with one attached hydrogen (secondary N) is 2. The van der Waals surface area contributed by atoms with Gasteiger partial charge in [-0.25, -0.2) is 9.97 Å². The molecular formula is C14H18N6O4. The van der Waals surface area contributed by atoms with Gasteiger partial charge in [-0.2, -0.15) is 0 Å². The lowest BCUT2D eigenvalue weighted by Crippen LogP contribution is -2.30. The molecule has 10 nitrogen and oxygen atoms in total. The maximum absolute atomic E-state index is 11.8. The summed E-state index contributed by atoms with van der Waals surface area (Å²) in [7, 11) is 1.72. The SMILES string of the molecule is CCCCN(C)c1ncnc(NNC(=O)c2ccco2)c1[N+](=O)[O-]. The average molecular weight is 334 g/mol. The van der Waals surface area contributed by atoms with Crippen LogP contribution in [0.5, 0.6) is 0 Å². The van der Waals surface area contributed by atoms with E-state index in [1.165, 1.54) is 18.7 Å². The van der Waals surface area contributed by atoms with Crippen molar-refractivity contribution in [2.45, 2.75) is 19.8 Å². The van der Waals surface area contributed by atoms with Crippen molar-refractivity contribution >= 4 is 23.2 Å². The third-order valence-electron chi connectivity index (χ3n) is 3.23. The van der Waals surface area contributed by atoms with Crippen LogP contribution in [0.2, 0.25) is 0 Å². The van der Waals surface area contributed by atoms with Crippen LogP contribution in [0, 0.1) is 10.1 Å². The van der Waals surface area contributed by atoms with Crippen molar-refractivity contribution in [1.82, 2.24) is 15.4 Å². The molecule has 0 spiro atoms. The maximum atomic E-state index is 11.8. The Morgan fingerprint density at radius 1 is 1.46 bits per heavy atom. The molecule has 10 heteroatoms. The third kappa shape index (κ3) is 3.97. The Kier molecular flexibility index (Phi) is 5.66. The molecule has 2 heterocycles. The molecule has 0 aliphatic heterocycles. The number of aromatic nitrogens is 2. The average Bonchev–Trinajstić information content (AvgIpc) is 3.11. The zero-order valence-corrected chi connectivity index (χ0v) is 13.4. The molecule has 0 unspecified atom stereocenters. The number of carbonyl (C=O) groups excluding carboxylic acids is 1. The van der Waals surface area contributed by atoms with Gasteiger partial charge in [-0.3, -0.25) is 25.8 Å². The zero-order chi connectivity index (χ0) is 17.5. The molecule has 128 valence electrons.